The van der Waals surface area contributed by atoms with Crippen molar-refractivity contribution in [3.63, 3.8) is 0 Å². The maximum atomic E-state index is 12.4. The molecule has 140 valence electrons. The van der Waals surface area contributed by atoms with E-state index in [1.807, 2.05) is 42.5 Å². The van der Waals surface area contributed by atoms with E-state index in [4.69, 9.17) is 9.15 Å². The second-order valence-electron chi connectivity index (χ2n) is 5.82. The van der Waals surface area contributed by atoms with E-state index in [1.54, 1.807) is 13.2 Å². The fourth-order valence-electron chi connectivity index (χ4n) is 2.72. The van der Waals surface area contributed by atoms with E-state index in [2.05, 4.69) is 34.3 Å². The highest BCUT2D eigenvalue weighted by atomic mass is 16.5. The van der Waals surface area contributed by atoms with Gasteiger partial charge < -0.3 is 19.4 Å². The van der Waals surface area contributed by atoms with Crippen molar-refractivity contribution in [2.75, 3.05) is 30.4 Å². The number of carbonyl (C=O) groups is 1. The average molecular weight is 366 g/mol. The average Bonchev–Trinajstić information content (AvgIpc) is 3.21. The predicted octanol–water partition coefficient (Wildman–Crippen LogP) is 3.84. The van der Waals surface area contributed by atoms with Crippen molar-refractivity contribution in [1.29, 1.82) is 0 Å². The summed E-state index contributed by atoms with van der Waals surface area (Å²) in [7, 11) is 1.58. The Morgan fingerprint density at radius 2 is 1.85 bits per heavy atom. The van der Waals surface area contributed by atoms with Crippen LogP contribution >= 0.6 is 0 Å². The zero-order chi connectivity index (χ0) is 19.2. The fourth-order valence-corrected chi connectivity index (χ4v) is 2.72. The van der Waals surface area contributed by atoms with Crippen LogP contribution in [0.1, 0.15) is 24.5 Å². The highest BCUT2D eigenvalue weighted by Gasteiger charge is 2.16. The molecule has 0 saturated heterocycles. The molecular formula is C20H22N4O3. The maximum Gasteiger partial charge on any atom is 0.313 e. The van der Waals surface area contributed by atoms with Gasteiger partial charge in [-0.25, -0.2) is 0 Å². The Morgan fingerprint density at radius 1 is 1.11 bits per heavy atom. The van der Waals surface area contributed by atoms with Crippen molar-refractivity contribution >= 4 is 17.3 Å². The lowest BCUT2D eigenvalue weighted by Crippen LogP contribution is -2.21. The summed E-state index contributed by atoms with van der Waals surface area (Å²) < 4.78 is 10.7. The van der Waals surface area contributed by atoms with Crippen LogP contribution in [-0.2, 0) is 0 Å². The van der Waals surface area contributed by atoms with Crippen LogP contribution in [0.5, 0.6) is 5.75 Å². The van der Waals surface area contributed by atoms with Gasteiger partial charge in [-0.15, -0.1) is 10.2 Å². The second-order valence-corrected chi connectivity index (χ2v) is 5.82. The molecule has 3 aromatic rings. The monoisotopic (exact) mass is 366 g/mol. The molecule has 1 amide bonds. The molecular weight excluding hydrogens is 344 g/mol. The molecule has 0 atom stereocenters. The van der Waals surface area contributed by atoms with Crippen LogP contribution in [0, 0.1) is 0 Å². The van der Waals surface area contributed by atoms with E-state index in [-0.39, 0.29) is 11.8 Å². The van der Waals surface area contributed by atoms with Gasteiger partial charge in [0.25, 0.3) is 0 Å². The van der Waals surface area contributed by atoms with Crippen LogP contribution in [0.3, 0.4) is 0 Å². The number of amides is 1. The van der Waals surface area contributed by atoms with Gasteiger partial charge in [-0.3, -0.25) is 4.79 Å². The molecule has 0 bridgehead atoms. The van der Waals surface area contributed by atoms with Gasteiger partial charge in [-0.2, -0.15) is 0 Å². The molecule has 1 N–H and O–H groups in total. The SMILES string of the molecule is CCN(CC)c1ccc(NC(=O)c2nnc(-c3cccc(OC)c3)o2)cc1. The van der Waals surface area contributed by atoms with Crippen LogP contribution < -0.4 is 15.0 Å². The molecule has 0 saturated carbocycles. The number of rotatable bonds is 7. The van der Waals surface area contributed by atoms with Crippen molar-refractivity contribution in [1.82, 2.24) is 10.2 Å². The fraction of sp³-hybridized carbons (Fsp3) is 0.250. The summed E-state index contributed by atoms with van der Waals surface area (Å²) in [6, 6.07) is 14.8. The van der Waals surface area contributed by atoms with E-state index in [9.17, 15) is 4.79 Å². The zero-order valence-electron chi connectivity index (χ0n) is 15.6. The molecule has 0 radical (unpaired) electrons. The van der Waals surface area contributed by atoms with Gasteiger partial charge in [0.2, 0.25) is 5.89 Å². The molecule has 0 unspecified atom stereocenters. The molecule has 7 heteroatoms. The number of aromatic nitrogens is 2. The first-order chi connectivity index (χ1) is 13.1. The number of hydrogen-bond acceptors (Lipinski definition) is 6. The number of anilines is 2. The maximum absolute atomic E-state index is 12.4. The number of methoxy groups -OCH3 is 1. The Balaban J connectivity index is 1.71. The van der Waals surface area contributed by atoms with E-state index in [0.29, 0.717) is 17.0 Å². The lowest BCUT2D eigenvalue weighted by atomic mass is 10.2. The first-order valence-corrected chi connectivity index (χ1v) is 8.78. The third-order valence-electron chi connectivity index (χ3n) is 4.19. The summed E-state index contributed by atoms with van der Waals surface area (Å²) in [5.74, 6) is 0.383. The van der Waals surface area contributed by atoms with E-state index in [1.165, 1.54) is 0 Å². The summed E-state index contributed by atoms with van der Waals surface area (Å²) in [5.41, 5.74) is 2.46. The quantitative estimate of drug-likeness (QED) is 0.684. The highest BCUT2D eigenvalue weighted by Crippen LogP contribution is 2.23. The summed E-state index contributed by atoms with van der Waals surface area (Å²) in [4.78, 5) is 14.6. The highest BCUT2D eigenvalue weighted by molar-refractivity contribution is 6.01. The van der Waals surface area contributed by atoms with Crippen LogP contribution in [0.4, 0.5) is 11.4 Å². The summed E-state index contributed by atoms with van der Waals surface area (Å²) in [6.07, 6.45) is 0. The normalized spacial score (nSPS) is 10.5. The minimum atomic E-state index is -0.452. The van der Waals surface area contributed by atoms with Crippen molar-refractivity contribution in [3.8, 4) is 17.2 Å². The first-order valence-electron chi connectivity index (χ1n) is 8.78. The molecule has 0 aliphatic carbocycles. The lowest BCUT2D eigenvalue weighted by molar-refractivity contribution is 0.0991. The predicted molar refractivity (Wildman–Crippen MR) is 104 cm³/mol. The minimum absolute atomic E-state index is 0.0966. The smallest absolute Gasteiger partial charge is 0.313 e. The molecule has 1 aromatic heterocycles. The first kappa shape index (κ1) is 18.4. The van der Waals surface area contributed by atoms with E-state index >= 15 is 0 Å². The second kappa shape index (κ2) is 8.35. The Hall–Kier alpha value is -3.35. The number of ether oxygens (including phenoxy) is 1. The number of carbonyl (C=O) groups excluding carboxylic acids is 1. The minimum Gasteiger partial charge on any atom is -0.497 e. The molecule has 3 rings (SSSR count). The van der Waals surface area contributed by atoms with Crippen molar-refractivity contribution in [2.24, 2.45) is 0 Å². The Bertz CT molecular complexity index is 902. The third-order valence-corrected chi connectivity index (χ3v) is 4.19. The largest absolute Gasteiger partial charge is 0.497 e. The number of hydrogen-bond donors (Lipinski definition) is 1. The lowest BCUT2D eigenvalue weighted by Gasteiger charge is -2.21. The summed E-state index contributed by atoms with van der Waals surface area (Å²) in [6.45, 7) is 6.07. The molecule has 0 aliphatic heterocycles. The van der Waals surface area contributed by atoms with Gasteiger partial charge in [0.15, 0.2) is 0 Å². The summed E-state index contributed by atoms with van der Waals surface area (Å²) in [5, 5.41) is 10.6. The topological polar surface area (TPSA) is 80.5 Å². The van der Waals surface area contributed by atoms with Crippen LogP contribution in [-0.4, -0.2) is 36.3 Å². The molecule has 0 aliphatic rings. The Labute approximate surface area is 158 Å². The number of nitrogens with one attached hydrogen (secondary N) is 1. The van der Waals surface area contributed by atoms with Crippen LogP contribution in [0.15, 0.2) is 52.9 Å². The molecule has 0 spiro atoms. The van der Waals surface area contributed by atoms with Gasteiger partial charge in [0, 0.05) is 30.0 Å². The van der Waals surface area contributed by atoms with Gasteiger partial charge in [0.05, 0.1) is 7.11 Å². The summed E-state index contributed by atoms with van der Waals surface area (Å²) >= 11 is 0. The third kappa shape index (κ3) is 4.25. The Morgan fingerprint density at radius 3 is 2.52 bits per heavy atom. The standard InChI is InChI=1S/C20H22N4O3/c1-4-24(5-2)16-11-9-15(10-12-16)21-18(25)20-23-22-19(27-20)14-7-6-8-17(13-14)26-3/h6-13H,4-5H2,1-3H3,(H,21,25). The molecule has 2 aromatic carbocycles. The van der Waals surface area contributed by atoms with Gasteiger partial charge in [-0.05, 0) is 56.3 Å². The van der Waals surface area contributed by atoms with Crippen molar-refractivity contribution in [3.05, 3.63) is 54.4 Å². The molecule has 1 heterocycles. The van der Waals surface area contributed by atoms with Crippen LogP contribution in [0.25, 0.3) is 11.5 Å². The van der Waals surface area contributed by atoms with E-state index < -0.39 is 5.91 Å². The molecule has 7 nitrogen and oxygen atoms in total. The van der Waals surface area contributed by atoms with Crippen molar-refractivity contribution < 1.29 is 13.9 Å². The number of nitrogens with zero attached hydrogens (tertiary/aromatic N) is 3. The zero-order valence-corrected chi connectivity index (χ0v) is 15.6. The van der Waals surface area contributed by atoms with Gasteiger partial charge >= 0.3 is 11.8 Å². The van der Waals surface area contributed by atoms with Gasteiger partial charge in [-0.1, -0.05) is 6.07 Å². The van der Waals surface area contributed by atoms with Gasteiger partial charge in [0.1, 0.15) is 5.75 Å². The van der Waals surface area contributed by atoms with Crippen molar-refractivity contribution in [2.45, 2.75) is 13.8 Å². The number of benzene rings is 2. The molecule has 0 fully saturated rings. The van der Waals surface area contributed by atoms with E-state index in [0.717, 1.165) is 18.8 Å². The van der Waals surface area contributed by atoms with Crippen LogP contribution in [0.2, 0.25) is 0 Å². The molecule has 27 heavy (non-hydrogen) atoms. The Kier molecular flexibility index (Phi) is 5.71.